The van der Waals surface area contributed by atoms with Crippen LogP contribution in [-0.4, -0.2) is 37.1 Å². The highest BCUT2D eigenvalue weighted by Gasteiger charge is 2.17. The lowest BCUT2D eigenvalue weighted by Gasteiger charge is -2.31. The van der Waals surface area contributed by atoms with E-state index in [0.29, 0.717) is 12.6 Å². The first-order valence-corrected chi connectivity index (χ1v) is 8.38. The Balaban J connectivity index is 0.00000264. The molecule has 2 unspecified atom stereocenters. The normalized spacial score (nSPS) is 20.0. The number of hydrogen-bond donors (Lipinski definition) is 1. The molecule has 0 aliphatic carbocycles. The van der Waals surface area contributed by atoms with Crippen LogP contribution in [0.3, 0.4) is 0 Å². The largest absolute Gasteiger partial charge is 0.374 e. The summed E-state index contributed by atoms with van der Waals surface area (Å²) >= 11 is 0. The van der Waals surface area contributed by atoms with Crippen LogP contribution in [0, 0.1) is 5.92 Å². The van der Waals surface area contributed by atoms with E-state index in [-0.39, 0.29) is 30.1 Å². The van der Waals surface area contributed by atoms with Gasteiger partial charge in [0.15, 0.2) is 5.96 Å². The third kappa shape index (κ3) is 7.08. The Morgan fingerprint density at radius 2 is 2.13 bits per heavy atom. The highest BCUT2D eigenvalue weighted by atomic mass is 127. The highest BCUT2D eigenvalue weighted by molar-refractivity contribution is 14.0. The monoisotopic (exact) mass is 431 g/mol. The first-order valence-electron chi connectivity index (χ1n) is 8.38. The minimum Gasteiger partial charge on any atom is -0.374 e. The Kier molecular flexibility index (Phi) is 9.55. The first-order chi connectivity index (χ1) is 10.7. The van der Waals surface area contributed by atoms with Gasteiger partial charge in [-0.3, -0.25) is 4.99 Å². The molecule has 1 saturated heterocycles. The van der Waals surface area contributed by atoms with E-state index in [1.807, 2.05) is 18.2 Å². The summed E-state index contributed by atoms with van der Waals surface area (Å²) in [6.07, 6.45) is 3.55. The third-order valence-corrected chi connectivity index (χ3v) is 4.19. The average molecular weight is 431 g/mol. The number of likely N-dealkylation sites (tertiary alicyclic amines) is 1. The zero-order valence-electron chi connectivity index (χ0n) is 14.3. The van der Waals surface area contributed by atoms with Crippen molar-refractivity contribution in [2.75, 3.05) is 26.2 Å². The molecule has 1 aromatic carbocycles. The number of nitrogens with zero attached hydrogens (tertiary/aromatic N) is 2. The molecule has 1 heterocycles. The molecule has 23 heavy (non-hydrogen) atoms. The number of ether oxygens (including phenoxy) is 1. The van der Waals surface area contributed by atoms with Crippen LogP contribution >= 0.6 is 24.0 Å². The van der Waals surface area contributed by atoms with Gasteiger partial charge in [-0.2, -0.15) is 0 Å². The fourth-order valence-corrected chi connectivity index (χ4v) is 2.84. The Morgan fingerprint density at radius 1 is 1.39 bits per heavy atom. The van der Waals surface area contributed by atoms with E-state index in [1.165, 1.54) is 18.4 Å². The van der Waals surface area contributed by atoms with E-state index in [4.69, 9.17) is 10.5 Å². The maximum atomic E-state index is 6.08. The smallest absolute Gasteiger partial charge is 0.191 e. The number of nitrogens with two attached hydrogens (primary N) is 1. The molecule has 1 aromatic rings. The number of rotatable bonds is 6. The summed E-state index contributed by atoms with van der Waals surface area (Å²) in [4.78, 5) is 6.70. The predicted octanol–water partition coefficient (Wildman–Crippen LogP) is 3.82. The summed E-state index contributed by atoms with van der Waals surface area (Å²) in [5, 5.41) is 0. The van der Waals surface area contributed by atoms with Crippen LogP contribution in [0.4, 0.5) is 0 Å². The Hall–Kier alpha value is -0.820. The van der Waals surface area contributed by atoms with Crippen molar-refractivity contribution in [3.8, 4) is 0 Å². The molecule has 130 valence electrons. The Bertz CT molecular complexity index is 467. The van der Waals surface area contributed by atoms with Crippen molar-refractivity contribution < 1.29 is 4.74 Å². The van der Waals surface area contributed by atoms with E-state index in [1.54, 1.807) is 0 Å². The second-order valence-electron chi connectivity index (χ2n) is 6.21. The zero-order chi connectivity index (χ0) is 15.8. The summed E-state index contributed by atoms with van der Waals surface area (Å²) < 4.78 is 5.85. The molecule has 1 aliphatic rings. The van der Waals surface area contributed by atoms with Gasteiger partial charge < -0.3 is 15.4 Å². The van der Waals surface area contributed by atoms with Gasteiger partial charge in [-0.25, -0.2) is 0 Å². The minimum absolute atomic E-state index is 0. The van der Waals surface area contributed by atoms with Crippen LogP contribution in [0.1, 0.15) is 44.8 Å². The van der Waals surface area contributed by atoms with Crippen molar-refractivity contribution in [2.24, 2.45) is 16.6 Å². The molecule has 4 nitrogen and oxygen atoms in total. The van der Waals surface area contributed by atoms with Crippen molar-refractivity contribution in [1.82, 2.24) is 4.90 Å². The maximum Gasteiger partial charge on any atom is 0.191 e. The molecule has 2 rings (SSSR count). The van der Waals surface area contributed by atoms with Gasteiger partial charge >= 0.3 is 0 Å². The number of benzene rings is 1. The molecule has 0 spiro atoms. The van der Waals surface area contributed by atoms with Crippen molar-refractivity contribution in [1.29, 1.82) is 0 Å². The minimum atomic E-state index is 0. The van der Waals surface area contributed by atoms with Crippen LogP contribution in [-0.2, 0) is 4.74 Å². The van der Waals surface area contributed by atoms with E-state index in [9.17, 15) is 0 Å². The van der Waals surface area contributed by atoms with E-state index < -0.39 is 0 Å². The molecule has 0 amide bonds. The lowest BCUT2D eigenvalue weighted by atomic mass is 10.0. The van der Waals surface area contributed by atoms with Gasteiger partial charge in [-0.1, -0.05) is 37.3 Å². The Labute approximate surface area is 157 Å². The zero-order valence-corrected chi connectivity index (χ0v) is 16.6. The standard InChI is InChI=1S/C18H29N3O.HI/c1-15-8-6-12-21(14-15)18(19)20-11-7-13-22-16(2)17-9-4-3-5-10-17;/h3-5,9-10,15-16H,6-8,11-14H2,1-2H3,(H2,19,20);1H. The third-order valence-electron chi connectivity index (χ3n) is 4.19. The SMILES string of the molecule is CC1CCCN(C(N)=NCCCOC(C)c2ccccc2)C1.I. The average Bonchev–Trinajstić information content (AvgIpc) is 2.55. The van der Waals surface area contributed by atoms with Crippen molar-refractivity contribution in [2.45, 2.75) is 39.2 Å². The van der Waals surface area contributed by atoms with E-state index >= 15 is 0 Å². The number of piperidine rings is 1. The first kappa shape index (κ1) is 20.2. The summed E-state index contributed by atoms with van der Waals surface area (Å²) in [6, 6.07) is 10.3. The summed E-state index contributed by atoms with van der Waals surface area (Å²) in [7, 11) is 0. The fraction of sp³-hybridized carbons (Fsp3) is 0.611. The maximum absolute atomic E-state index is 6.08. The van der Waals surface area contributed by atoms with Gasteiger partial charge in [-0.15, -0.1) is 24.0 Å². The molecule has 0 saturated carbocycles. The molecular weight excluding hydrogens is 401 g/mol. The molecule has 0 aromatic heterocycles. The molecule has 2 N–H and O–H groups in total. The summed E-state index contributed by atoms with van der Waals surface area (Å²) in [5.74, 6) is 1.42. The lowest BCUT2D eigenvalue weighted by molar-refractivity contribution is 0.0651. The molecule has 5 heteroatoms. The second kappa shape index (κ2) is 10.9. The molecule has 2 atom stereocenters. The highest BCUT2D eigenvalue weighted by Crippen LogP contribution is 2.16. The second-order valence-corrected chi connectivity index (χ2v) is 6.21. The molecule has 0 radical (unpaired) electrons. The molecule has 1 fully saturated rings. The van der Waals surface area contributed by atoms with Crippen LogP contribution in [0.5, 0.6) is 0 Å². The number of halogens is 1. The topological polar surface area (TPSA) is 50.8 Å². The van der Waals surface area contributed by atoms with Crippen molar-refractivity contribution >= 4 is 29.9 Å². The van der Waals surface area contributed by atoms with Gasteiger partial charge in [0, 0.05) is 26.2 Å². The fourth-order valence-electron chi connectivity index (χ4n) is 2.84. The van der Waals surface area contributed by atoms with E-state index in [0.717, 1.165) is 32.0 Å². The number of aliphatic imine (C=N–C) groups is 1. The van der Waals surface area contributed by atoms with Crippen LogP contribution in [0.2, 0.25) is 0 Å². The number of hydrogen-bond acceptors (Lipinski definition) is 2. The Morgan fingerprint density at radius 3 is 2.83 bits per heavy atom. The quantitative estimate of drug-likeness (QED) is 0.323. The van der Waals surface area contributed by atoms with Crippen molar-refractivity contribution in [3.05, 3.63) is 35.9 Å². The van der Waals surface area contributed by atoms with Crippen molar-refractivity contribution in [3.63, 3.8) is 0 Å². The van der Waals surface area contributed by atoms with Crippen LogP contribution in [0.25, 0.3) is 0 Å². The predicted molar refractivity (Wildman–Crippen MR) is 107 cm³/mol. The van der Waals surface area contributed by atoms with Crippen LogP contribution in [0.15, 0.2) is 35.3 Å². The summed E-state index contributed by atoms with van der Waals surface area (Å²) in [6.45, 7) is 7.89. The van der Waals surface area contributed by atoms with Gasteiger partial charge in [0.2, 0.25) is 0 Å². The molecule has 0 bridgehead atoms. The van der Waals surface area contributed by atoms with Crippen LogP contribution < -0.4 is 5.73 Å². The molecular formula is C18H30IN3O. The van der Waals surface area contributed by atoms with Gasteiger partial charge in [0.1, 0.15) is 0 Å². The van der Waals surface area contributed by atoms with Gasteiger partial charge in [0.05, 0.1) is 6.10 Å². The lowest BCUT2D eigenvalue weighted by Crippen LogP contribution is -2.43. The number of guanidine groups is 1. The van der Waals surface area contributed by atoms with Gasteiger partial charge in [-0.05, 0) is 37.7 Å². The molecule has 1 aliphatic heterocycles. The van der Waals surface area contributed by atoms with Gasteiger partial charge in [0.25, 0.3) is 0 Å². The summed E-state index contributed by atoms with van der Waals surface area (Å²) in [5.41, 5.74) is 7.29. The van der Waals surface area contributed by atoms with E-state index in [2.05, 4.69) is 35.9 Å².